The Morgan fingerprint density at radius 2 is 1.79 bits per heavy atom. The van der Waals surface area contributed by atoms with E-state index < -0.39 is 0 Å². The molecule has 0 amide bonds. The van der Waals surface area contributed by atoms with E-state index in [2.05, 4.69) is 38.8 Å². The third-order valence-electron chi connectivity index (χ3n) is 3.85. The van der Waals surface area contributed by atoms with Crippen LogP contribution in [0.4, 0.5) is 0 Å². The summed E-state index contributed by atoms with van der Waals surface area (Å²) in [5.41, 5.74) is 8.02. The molecule has 0 saturated carbocycles. The van der Waals surface area contributed by atoms with E-state index in [1.807, 2.05) is 24.3 Å². The maximum absolute atomic E-state index is 8.80. The summed E-state index contributed by atoms with van der Waals surface area (Å²) in [5, 5.41) is 8.80. The quantitative estimate of drug-likeness (QED) is 0.854. The zero-order valence-corrected chi connectivity index (χ0v) is 12.4. The highest BCUT2D eigenvalue weighted by atomic mass is 15.1. The van der Waals surface area contributed by atoms with E-state index >= 15 is 0 Å². The molecule has 0 bridgehead atoms. The molecule has 0 spiro atoms. The molecule has 0 aliphatic heterocycles. The van der Waals surface area contributed by atoms with Crippen molar-refractivity contribution in [3.05, 3.63) is 35.4 Å². The van der Waals surface area contributed by atoms with Gasteiger partial charge in [0.25, 0.3) is 0 Å². The van der Waals surface area contributed by atoms with Crippen molar-refractivity contribution in [1.29, 1.82) is 5.26 Å². The predicted octanol–water partition coefficient (Wildman–Crippen LogP) is 2.92. The molecule has 0 radical (unpaired) electrons. The van der Waals surface area contributed by atoms with Crippen molar-refractivity contribution < 1.29 is 0 Å². The summed E-state index contributed by atoms with van der Waals surface area (Å²) in [4.78, 5) is 2.31. The van der Waals surface area contributed by atoms with Gasteiger partial charge in [-0.3, -0.25) is 4.90 Å². The molecule has 0 heterocycles. The van der Waals surface area contributed by atoms with Crippen LogP contribution in [0.3, 0.4) is 0 Å². The topological polar surface area (TPSA) is 53.0 Å². The predicted molar refractivity (Wildman–Crippen MR) is 79.6 cm³/mol. The Morgan fingerprint density at radius 1 is 1.21 bits per heavy atom. The van der Waals surface area contributed by atoms with Crippen LogP contribution < -0.4 is 5.73 Å². The van der Waals surface area contributed by atoms with Gasteiger partial charge in [-0.2, -0.15) is 5.26 Å². The molecule has 104 valence electrons. The van der Waals surface area contributed by atoms with E-state index in [9.17, 15) is 0 Å². The molecular weight excluding hydrogens is 234 g/mol. The van der Waals surface area contributed by atoms with Crippen LogP contribution in [-0.4, -0.2) is 24.5 Å². The molecule has 2 N–H and O–H groups in total. The SMILES string of the molecule is CC(C)C(N)CCN(C)C(C)c1ccc(C#N)cc1. The van der Waals surface area contributed by atoms with Gasteiger partial charge in [-0.15, -0.1) is 0 Å². The molecule has 1 aromatic carbocycles. The molecule has 19 heavy (non-hydrogen) atoms. The van der Waals surface area contributed by atoms with Gasteiger partial charge in [0.15, 0.2) is 0 Å². The molecule has 0 aliphatic carbocycles. The average molecular weight is 259 g/mol. The third-order valence-corrected chi connectivity index (χ3v) is 3.85. The van der Waals surface area contributed by atoms with Crippen LogP contribution in [0.25, 0.3) is 0 Å². The Morgan fingerprint density at radius 3 is 2.26 bits per heavy atom. The van der Waals surface area contributed by atoms with Crippen LogP contribution >= 0.6 is 0 Å². The fourth-order valence-electron chi connectivity index (χ4n) is 1.97. The second-order valence-corrected chi connectivity index (χ2v) is 5.59. The normalized spacial score (nSPS) is 14.4. The Bertz CT molecular complexity index is 417. The minimum Gasteiger partial charge on any atom is -0.327 e. The number of benzene rings is 1. The van der Waals surface area contributed by atoms with Gasteiger partial charge < -0.3 is 5.73 Å². The lowest BCUT2D eigenvalue weighted by molar-refractivity contribution is 0.243. The van der Waals surface area contributed by atoms with Gasteiger partial charge in [-0.25, -0.2) is 0 Å². The first-order valence-corrected chi connectivity index (χ1v) is 6.91. The Hall–Kier alpha value is -1.37. The van der Waals surface area contributed by atoms with Gasteiger partial charge in [-0.05, 0) is 50.6 Å². The fourth-order valence-corrected chi connectivity index (χ4v) is 1.97. The Kier molecular flexibility index (Phi) is 6.01. The zero-order valence-electron chi connectivity index (χ0n) is 12.4. The van der Waals surface area contributed by atoms with Crippen molar-refractivity contribution in [3.63, 3.8) is 0 Å². The van der Waals surface area contributed by atoms with Gasteiger partial charge in [-0.1, -0.05) is 26.0 Å². The van der Waals surface area contributed by atoms with Crippen molar-refractivity contribution in [2.75, 3.05) is 13.6 Å². The first-order chi connectivity index (χ1) is 8.95. The van der Waals surface area contributed by atoms with E-state index in [0.29, 0.717) is 17.5 Å². The summed E-state index contributed by atoms with van der Waals surface area (Å²) < 4.78 is 0. The lowest BCUT2D eigenvalue weighted by Crippen LogP contribution is -2.32. The average Bonchev–Trinajstić information content (AvgIpc) is 2.43. The molecule has 0 aliphatic rings. The van der Waals surface area contributed by atoms with Crippen LogP contribution in [0.15, 0.2) is 24.3 Å². The molecule has 2 atom stereocenters. The van der Waals surface area contributed by atoms with Crippen molar-refractivity contribution in [2.45, 2.75) is 39.3 Å². The molecule has 0 saturated heterocycles. The van der Waals surface area contributed by atoms with Gasteiger partial charge in [0.2, 0.25) is 0 Å². The monoisotopic (exact) mass is 259 g/mol. The standard InChI is InChI=1S/C16H25N3/c1-12(2)16(18)9-10-19(4)13(3)15-7-5-14(11-17)6-8-15/h5-8,12-13,16H,9-10,18H2,1-4H3. The lowest BCUT2D eigenvalue weighted by atomic mass is 10.0. The summed E-state index contributed by atoms with van der Waals surface area (Å²) in [7, 11) is 2.12. The zero-order chi connectivity index (χ0) is 14.4. The minimum atomic E-state index is 0.260. The van der Waals surface area contributed by atoms with Crippen LogP contribution in [0.1, 0.15) is 44.4 Å². The van der Waals surface area contributed by atoms with Crippen molar-refractivity contribution >= 4 is 0 Å². The second-order valence-electron chi connectivity index (χ2n) is 5.59. The number of nitrogens with zero attached hydrogens (tertiary/aromatic N) is 2. The minimum absolute atomic E-state index is 0.260. The molecule has 0 aromatic heterocycles. The van der Waals surface area contributed by atoms with E-state index in [1.54, 1.807) is 0 Å². The highest BCUT2D eigenvalue weighted by Crippen LogP contribution is 2.19. The van der Waals surface area contributed by atoms with Gasteiger partial charge in [0, 0.05) is 12.1 Å². The molecular formula is C16H25N3. The van der Waals surface area contributed by atoms with Crippen LogP contribution in [-0.2, 0) is 0 Å². The maximum atomic E-state index is 8.80. The highest BCUT2D eigenvalue weighted by Gasteiger charge is 2.14. The molecule has 3 nitrogen and oxygen atoms in total. The van der Waals surface area contributed by atoms with E-state index in [-0.39, 0.29) is 6.04 Å². The maximum Gasteiger partial charge on any atom is 0.0991 e. The molecule has 0 fully saturated rings. The van der Waals surface area contributed by atoms with E-state index in [4.69, 9.17) is 11.0 Å². The van der Waals surface area contributed by atoms with Crippen LogP contribution in [0, 0.1) is 17.2 Å². The number of nitrogens with two attached hydrogens (primary N) is 1. The Labute approximate surface area is 117 Å². The van der Waals surface area contributed by atoms with E-state index in [0.717, 1.165) is 13.0 Å². The van der Waals surface area contributed by atoms with Crippen LogP contribution in [0.2, 0.25) is 0 Å². The largest absolute Gasteiger partial charge is 0.327 e. The molecule has 2 unspecified atom stereocenters. The summed E-state index contributed by atoms with van der Waals surface area (Å²) in [6, 6.07) is 10.6. The number of rotatable bonds is 6. The summed E-state index contributed by atoms with van der Waals surface area (Å²) in [6.45, 7) is 7.49. The lowest BCUT2D eigenvalue weighted by Gasteiger charge is -2.27. The summed E-state index contributed by atoms with van der Waals surface area (Å²) >= 11 is 0. The smallest absolute Gasteiger partial charge is 0.0991 e. The van der Waals surface area contributed by atoms with Crippen molar-refractivity contribution in [2.24, 2.45) is 11.7 Å². The summed E-state index contributed by atoms with van der Waals surface area (Å²) in [6.07, 6.45) is 1.01. The Balaban J connectivity index is 2.56. The number of nitriles is 1. The molecule has 1 aromatic rings. The molecule has 1 rings (SSSR count). The third kappa shape index (κ3) is 4.66. The number of hydrogen-bond acceptors (Lipinski definition) is 3. The van der Waals surface area contributed by atoms with Gasteiger partial charge in [0.1, 0.15) is 0 Å². The molecule has 3 heteroatoms. The fraction of sp³-hybridized carbons (Fsp3) is 0.562. The van der Waals surface area contributed by atoms with Crippen LogP contribution in [0.5, 0.6) is 0 Å². The van der Waals surface area contributed by atoms with Gasteiger partial charge >= 0.3 is 0 Å². The summed E-state index contributed by atoms with van der Waals surface area (Å²) in [5.74, 6) is 0.526. The van der Waals surface area contributed by atoms with Gasteiger partial charge in [0.05, 0.1) is 11.6 Å². The number of hydrogen-bond donors (Lipinski definition) is 1. The van der Waals surface area contributed by atoms with Crippen molar-refractivity contribution in [3.8, 4) is 6.07 Å². The first-order valence-electron chi connectivity index (χ1n) is 6.91. The second kappa shape index (κ2) is 7.28. The van der Waals surface area contributed by atoms with Crippen molar-refractivity contribution in [1.82, 2.24) is 4.90 Å². The first kappa shape index (κ1) is 15.7. The van der Waals surface area contributed by atoms with E-state index in [1.165, 1.54) is 5.56 Å². The highest BCUT2D eigenvalue weighted by molar-refractivity contribution is 5.32.